The van der Waals surface area contributed by atoms with Gasteiger partial charge in [0, 0.05) is 5.41 Å². The Hall–Kier alpha value is -0.280. The maximum Gasteiger partial charge on any atom is 0.0982 e. The van der Waals surface area contributed by atoms with Gasteiger partial charge in [0.25, 0.3) is 0 Å². The molecular formula is C17H23Cl2NO. The van der Waals surface area contributed by atoms with E-state index in [2.05, 4.69) is 25.8 Å². The zero-order chi connectivity index (χ0) is 15.4. The molecule has 0 bridgehead atoms. The smallest absolute Gasteiger partial charge is 0.0982 e. The normalized spacial score (nSPS) is 29.6. The standard InChI is InChI=1S/C17H23Cl2NO/c1-16(2)10-12-13(4-5-14(18)15(12)19)17(16,21)11-6-8-20(3)9-7-11/h4-5,11,21H,6-10H2,1-3H3. The van der Waals surface area contributed by atoms with Crippen LogP contribution >= 0.6 is 23.2 Å². The third-order valence-corrected chi connectivity index (χ3v) is 6.41. The summed E-state index contributed by atoms with van der Waals surface area (Å²) in [5.41, 5.74) is 1.01. The van der Waals surface area contributed by atoms with E-state index >= 15 is 0 Å². The van der Waals surface area contributed by atoms with Gasteiger partial charge in [0.1, 0.15) is 0 Å². The molecule has 1 aliphatic carbocycles. The van der Waals surface area contributed by atoms with Crippen LogP contribution in [0, 0.1) is 11.3 Å². The average molecular weight is 328 g/mol. The zero-order valence-electron chi connectivity index (χ0n) is 12.9. The minimum Gasteiger partial charge on any atom is -0.384 e. The first-order valence-corrected chi connectivity index (χ1v) is 8.41. The third-order valence-electron chi connectivity index (χ3n) is 5.57. The van der Waals surface area contributed by atoms with Crippen LogP contribution in [0.3, 0.4) is 0 Å². The molecule has 1 atom stereocenters. The van der Waals surface area contributed by atoms with Crippen molar-refractivity contribution in [1.82, 2.24) is 4.90 Å². The Morgan fingerprint density at radius 3 is 2.43 bits per heavy atom. The molecule has 0 amide bonds. The summed E-state index contributed by atoms with van der Waals surface area (Å²) in [6.07, 6.45) is 2.83. The molecule has 1 saturated heterocycles. The van der Waals surface area contributed by atoms with Crippen molar-refractivity contribution in [2.45, 2.75) is 38.7 Å². The minimum absolute atomic E-state index is 0.218. The van der Waals surface area contributed by atoms with E-state index in [-0.39, 0.29) is 11.3 Å². The second-order valence-corrected chi connectivity index (χ2v) is 8.08. The van der Waals surface area contributed by atoms with Crippen LogP contribution in [-0.4, -0.2) is 30.1 Å². The molecule has 1 aromatic rings. The summed E-state index contributed by atoms with van der Waals surface area (Å²) in [6, 6.07) is 3.81. The molecule has 4 heteroatoms. The van der Waals surface area contributed by atoms with Crippen molar-refractivity contribution in [2.24, 2.45) is 11.3 Å². The Labute approximate surface area is 137 Å². The van der Waals surface area contributed by atoms with E-state index in [1.807, 2.05) is 12.1 Å². The van der Waals surface area contributed by atoms with E-state index in [4.69, 9.17) is 23.2 Å². The summed E-state index contributed by atoms with van der Waals surface area (Å²) >= 11 is 12.6. The summed E-state index contributed by atoms with van der Waals surface area (Å²) in [5.74, 6) is 0.280. The molecule has 1 heterocycles. The Morgan fingerprint density at radius 2 is 1.81 bits per heavy atom. The second-order valence-electron chi connectivity index (χ2n) is 7.29. The van der Waals surface area contributed by atoms with Crippen molar-refractivity contribution in [3.8, 4) is 0 Å². The number of benzene rings is 1. The predicted molar refractivity (Wildman–Crippen MR) is 88.1 cm³/mol. The van der Waals surface area contributed by atoms with Crippen molar-refractivity contribution in [3.05, 3.63) is 33.3 Å². The lowest BCUT2D eigenvalue weighted by atomic mass is 9.65. The van der Waals surface area contributed by atoms with E-state index in [1.54, 1.807) is 0 Å². The van der Waals surface area contributed by atoms with Gasteiger partial charge in [0.15, 0.2) is 0 Å². The maximum absolute atomic E-state index is 11.7. The van der Waals surface area contributed by atoms with Crippen LogP contribution in [0.5, 0.6) is 0 Å². The number of fused-ring (bicyclic) bond motifs is 1. The number of halogens is 2. The third kappa shape index (κ3) is 2.23. The monoisotopic (exact) mass is 327 g/mol. The van der Waals surface area contributed by atoms with Gasteiger partial charge < -0.3 is 10.0 Å². The number of likely N-dealkylation sites (tertiary alicyclic amines) is 1. The number of hydrogen-bond acceptors (Lipinski definition) is 2. The summed E-state index contributed by atoms with van der Waals surface area (Å²) in [7, 11) is 2.14. The fraction of sp³-hybridized carbons (Fsp3) is 0.647. The first kappa shape index (κ1) is 15.6. The van der Waals surface area contributed by atoms with Crippen molar-refractivity contribution in [3.63, 3.8) is 0 Å². The van der Waals surface area contributed by atoms with Crippen molar-refractivity contribution in [1.29, 1.82) is 0 Å². The highest BCUT2D eigenvalue weighted by atomic mass is 35.5. The van der Waals surface area contributed by atoms with E-state index < -0.39 is 5.60 Å². The average Bonchev–Trinajstić information content (AvgIpc) is 2.64. The van der Waals surface area contributed by atoms with Gasteiger partial charge >= 0.3 is 0 Å². The highest BCUT2D eigenvalue weighted by molar-refractivity contribution is 6.42. The number of hydrogen-bond donors (Lipinski definition) is 1. The van der Waals surface area contributed by atoms with E-state index in [0.29, 0.717) is 10.0 Å². The largest absolute Gasteiger partial charge is 0.384 e. The van der Waals surface area contributed by atoms with Crippen LogP contribution in [0.15, 0.2) is 12.1 Å². The highest BCUT2D eigenvalue weighted by Gasteiger charge is 2.56. The van der Waals surface area contributed by atoms with E-state index in [0.717, 1.165) is 43.5 Å². The summed E-state index contributed by atoms with van der Waals surface area (Å²) in [5, 5.41) is 12.9. The lowest BCUT2D eigenvalue weighted by Crippen LogP contribution is -2.49. The SMILES string of the molecule is CN1CCC(C2(O)c3ccc(Cl)c(Cl)c3CC2(C)C)CC1. The summed E-state index contributed by atoms with van der Waals surface area (Å²) in [4.78, 5) is 2.33. The van der Waals surface area contributed by atoms with Gasteiger partial charge in [-0.25, -0.2) is 0 Å². The van der Waals surface area contributed by atoms with Crippen LogP contribution in [0.2, 0.25) is 10.0 Å². The molecule has 3 rings (SSSR count). The van der Waals surface area contributed by atoms with Gasteiger partial charge in [-0.15, -0.1) is 0 Å². The van der Waals surface area contributed by atoms with Gasteiger partial charge in [-0.2, -0.15) is 0 Å². The Balaban J connectivity index is 2.07. The second kappa shape index (κ2) is 5.13. The molecule has 2 aliphatic rings. The van der Waals surface area contributed by atoms with Gasteiger partial charge in [-0.3, -0.25) is 0 Å². The van der Waals surface area contributed by atoms with Crippen molar-refractivity contribution in [2.75, 3.05) is 20.1 Å². The molecule has 1 fully saturated rings. The topological polar surface area (TPSA) is 23.5 Å². The fourth-order valence-electron chi connectivity index (χ4n) is 4.26. The number of aliphatic hydroxyl groups is 1. The van der Waals surface area contributed by atoms with Crippen molar-refractivity contribution >= 4 is 23.2 Å². The summed E-state index contributed by atoms with van der Waals surface area (Å²) < 4.78 is 0. The molecule has 0 saturated carbocycles. The van der Waals surface area contributed by atoms with Crippen LogP contribution in [0.1, 0.15) is 37.8 Å². The molecule has 1 aliphatic heterocycles. The molecule has 1 N–H and O–H groups in total. The van der Waals surface area contributed by atoms with Gasteiger partial charge in [-0.1, -0.05) is 43.1 Å². The van der Waals surface area contributed by atoms with E-state index in [9.17, 15) is 5.11 Å². The predicted octanol–water partition coefficient (Wildman–Crippen LogP) is 4.11. The molecular weight excluding hydrogens is 305 g/mol. The van der Waals surface area contributed by atoms with Crippen LogP contribution in [0.4, 0.5) is 0 Å². The Kier molecular flexibility index (Phi) is 3.81. The number of rotatable bonds is 1. The van der Waals surface area contributed by atoms with E-state index in [1.165, 1.54) is 0 Å². The first-order chi connectivity index (χ1) is 9.77. The Bertz CT molecular complexity index is 564. The van der Waals surface area contributed by atoms with Crippen LogP contribution in [-0.2, 0) is 12.0 Å². The van der Waals surface area contributed by atoms with Gasteiger partial charge in [0.2, 0.25) is 0 Å². The number of nitrogens with zero attached hydrogens (tertiary/aromatic N) is 1. The molecule has 0 radical (unpaired) electrons. The minimum atomic E-state index is -0.808. The molecule has 21 heavy (non-hydrogen) atoms. The maximum atomic E-state index is 11.7. The Morgan fingerprint density at radius 1 is 1.19 bits per heavy atom. The molecule has 1 aromatic carbocycles. The van der Waals surface area contributed by atoms with Crippen LogP contribution in [0.25, 0.3) is 0 Å². The first-order valence-electron chi connectivity index (χ1n) is 7.65. The molecule has 2 nitrogen and oxygen atoms in total. The highest BCUT2D eigenvalue weighted by Crippen LogP contribution is 2.57. The molecule has 0 spiro atoms. The lowest BCUT2D eigenvalue weighted by molar-refractivity contribution is -0.121. The molecule has 116 valence electrons. The summed E-state index contributed by atoms with van der Waals surface area (Å²) in [6.45, 7) is 6.38. The fourth-order valence-corrected chi connectivity index (χ4v) is 4.67. The van der Waals surface area contributed by atoms with Gasteiger partial charge in [-0.05, 0) is 62.5 Å². The van der Waals surface area contributed by atoms with Gasteiger partial charge in [0.05, 0.1) is 15.6 Å². The molecule has 1 unspecified atom stereocenters. The quantitative estimate of drug-likeness (QED) is 0.839. The lowest BCUT2D eigenvalue weighted by Gasteiger charge is -2.46. The zero-order valence-corrected chi connectivity index (χ0v) is 14.4. The van der Waals surface area contributed by atoms with Crippen molar-refractivity contribution < 1.29 is 5.11 Å². The van der Waals surface area contributed by atoms with Crippen LogP contribution < -0.4 is 0 Å². The number of piperidine rings is 1. The molecule has 0 aromatic heterocycles.